The van der Waals surface area contributed by atoms with Gasteiger partial charge in [0.1, 0.15) is 0 Å². The first-order valence-corrected chi connectivity index (χ1v) is 5.35. The van der Waals surface area contributed by atoms with Gasteiger partial charge in [0, 0.05) is 13.0 Å². The van der Waals surface area contributed by atoms with Gasteiger partial charge in [-0.15, -0.1) is 0 Å². The van der Waals surface area contributed by atoms with Crippen LogP contribution in [-0.2, 0) is 9.59 Å². The molecule has 0 fully saturated rings. The van der Waals surface area contributed by atoms with Gasteiger partial charge >= 0.3 is 5.97 Å². The summed E-state index contributed by atoms with van der Waals surface area (Å²) in [4.78, 5) is 22.0. The molecule has 0 atom stereocenters. The summed E-state index contributed by atoms with van der Waals surface area (Å²) in [7, 11) is 0. The maximum atomic E-state index is 11.5. The van der Waals surface area contributed by atoms with Crippen molar-refractivity contribution in [2.45, 2.75) is 40.5 Å². The quantitative estimate of drug-likeness (QED) is 0.682. The highest BCUT2D eigenvalue weighted by atomic mass is 16.4. The van der Waals surface area contributed by atoms with Crippen molar-refractivity contribution in [3.8, 4) is 0 Å². The van der Waals surface area contributed by atoms with Crippen molar-refractivity contribution in [2.75, 3.05) is 6.54 Å². The van der Waals surface area contributed by atoms with Crippen LogP contribution in [0.2, 0.25) is 0 Å². The zero-order valence-electron chi connectivity index (χ0n) is 10.5. The minimum atomic E-state index is -0.873. The summed E-state index contributed by atoms with van der Waals surface area (Å²) in [5.74, 6) is -0.981. The van der Waals surface area contributed by atoms with Crippen molar-refractivity contribution in [1.29, 1.82) is 0 Å². The van der Waals surface area contributed by atoms with Crippen molar-refractivity contribution >= 4 is 11.9 Å². The summed E-state index contributed by atoms with van der Waals surface area (Å²) in [5.41, 5.74) is 0.644. The van der Waals surface area contributed by atoms with Crippen molar-refractivity contribution < 1.29 is 14.7 Å². The molecule has 0 aliphatic rings. The highest BCUT2D eigenvalue weighted by Gasteiger charge is 2.24. The lowest BCUT2D eigenvalue weighted by atomic mass is 9.85. The normalized spacial score (nSPS) is 10.8. The molecule has 0 spiro atoms. The van der Waals surface area contributed by atoms with Crippen LogP contribution in [0, 0.1) is 5.41 Å². The number of hydrogen-bond acceptors (Lipinski definition) is 2. The molecule has 0 unspecified atom stereocenters. The molecule has 0 bridgehead atoms. The SMILES string of the molecule is CC(C)=CCNC(=O)CC(C)(C)CC(=O)O. The molecule has 0 saturated heterocycles. The number of allylic oxidation sites excluding steroid dienone is 1. The number of hydrogen-bond donors (Lipinski definition) is 2. The molecule has 16 heavy (non-hydrogen) atoms. The van der Waals surface area contributed by atoms with Crippen LogP contribution in [0.5, 0.6) is 0 Å². The van der Waals surface area contributed by atoms with E-state index in [-0.39, 0.29) is 18.7 Å². The van der Waals surface area contributed by atoms with Gasteiger partial charge in [0.05, 0.1) is 6.42 Å². The summed E-state index contributed by atoms with van der Waals surface area (Å²) < 4.78 is 0. The largest absolute Gasteiger partial charge is 0.481 e. The highest BCUT2D eigenvalue weighted by Crippen LogP contribution is 2.24. The Balaban J connectivity index is 4.04. The lowest BCUT2D eigenvalue weighted by Crippen LogP contribution is -2.30. The summed E-state index contributed by atoms with van der Waals surface area (Å²) in [6.45, 7) is 7.98. The van der Waals surface area contributed by atoms with Gasteiger partial charge in [-0.2, -0.15) is 0 Å². The smallest absolute Gasteiger partial charge is 0.303 e. The Kier molecular flexibility index (Phi) is 5.78. The van der Waals surface area contributed by atoms with Gasteiger partial charge in [0.2, 0.25) is 5.91 Å². The first-order valence-electron chi connectivity index (χ1n) is 5.35. The van der Waals surface area contributed by atoms with E-state index in [1.807, 2.05) is 19.9 Å². The third kappa shape index (κ3) is 8.03. The van der Waals surface area contributed by atoms with Crippen LogP contribution in [0.4, 0.5) is 0 Å². The van der Waals surface area contributed by atoms with Crippen LogP contribution >= 0.6 is 0 Å². The van der Waals surface area contributed by atoms with E-state index in [9.17, 15) is 9.59 Å². The Morgan fingerprint density at radius 3 is 2.25 bits per heavy atom. The fraction of sp³-hybridized carbons (Fsp3) is 0.667. The second-order valence-electron chi connectivity index (χ2n) is 5.00. The van der Waals surface area contributed by atoms with Crippen LogP contribution in [-0.4, -0.2) is 23.5 Å². The van der Waals surface area contributed by atoms with E-state index in [2.05, 4.69) is 5.32 Å². The van der Waals surface area contributed by atoms with Crippen molar-refractivity contribution in [2.24, 2.45) is 5.41 Å². The molecule has 92 valence electrons. The van der Waals surface area contributed by atoms with Crippen LogP contribution in [0.1, 0.15) is 40.5 Å². The van der Waals surface area contributed by atoms with Crippen LogP contribution in [0.3, 0.4) is 0 Å². The van der Waals surface area contributed by atoms with E-state index in [0.717, 1.165) is 5.57 Å². The minimum Gasteiger partial charge on any atom is -0.481 e. The summed E-state index contributed by atoms with van der Waals surface area (Å²) in [6, 6.07) is 0. The lowest BCUT2D eigenvalue weighted by Gasteiger charge is -2.21. The minimum absolute atomic E-state index is 0.00304. The fourth-order valence-electron chi connectivity index (χ4n) is 1.34. The van der Waals surface area contributed by atoms with E-state index in [1.165, 1.54) is 0 Å². The second kappa shape index (κ2) is 6.30. The Morgan fingerprint density at radius 2 is 1.81 bits per heavy atom. The lowest BCUT2D eigenvalue weighted by molar-refractivity contribution is -0.139. The fourth-order valence-corrected chi connectivity index (χ4v) is 1.34. The van der Waals surface area contributed by atoms with E-state index >= 15 is 0 Å². The van der Waals surface area contributed by atoms with Gasteiger partial charge in [0.25, 0.3) is 0 Å². The third-order valence-electron chi connectivity index (χ3n) is 2.08. The molecule has 0 aliphatic carbocycles. The third-order valence-corrected chi connectivity index (χ3v) is 2.08. The van der Waals surface area contributed by atoms with Gasteiger partial charge in [-0.3, -0.25) is 9.59 Å². The monoisotopic (exact) mass is 227 g/mol. The van der Waals surface area contributed by atoms with E-state index in [4.69, 9.17) is 5.11 Å². The molecule has 2 N–H and O–H groups in total. The number of rotatable bonds is 6. The molecular formula is C12H21NO3. The average molecular weight is 227 g/mol. The zero-order valence-corrected chi connectivity index (χ0v) is 10.5. The maximum absolute atomic E-state index is 11.5. The number of aliphatic carboxylic acids is 1. The van der Waals surface area contributed by atoms with Gasteiger partial charge in [-0.1, -0.05) is 25.5 Å². The van der Waals surface area contributed by atoms with Gasteiger partial charge in [0.15, 0.2) is 0 Å². The molecule has 1 amide bonds. The number of amides is 1. The molecular weight excluding hydrogens is 206 g/mol. The van der Waals surface area contributed by atoms with Crippen molar-refractivity contribution in [3.05, 3.63) is 11.6 Å². The number of carbonyl (C=O) groups excluding carboxylic acids is 1. The van der Waals surface area contributed by atoms with Crippen molar-refractivity contribution in [1.82, 2.24) is 5.32 Å². The number of carboxylic acid groups (broad SMARTS) is 1. The molecule has 0 rings (SSSR count). The van der Waals surface area contributed by atoms with Crippen molar-refractivity contribution in [3.63, 3.8) is 0 Å². The molecule has 0 aromatic rings. The maximum Gasteiger partial charge on any atom is 0.303 e. The Bertz CT molecular complexity index is 289. The summed E-state index contributed by atoms with van der Waals surface area (Å²) in [6.07, 6.45) is 2.15. The van der Waals surface area contributed by atoms with Crippen LogP contribution < -0.4 is 5.32 Å². The molecule has 0 aromatic heterocycles. The van der Waals surface area contributed by atoms with Gasteiger partial charge in [-0.25, -0.2) is 0 Å². The van der Waals surface area contributed by atoms with Crippen LogP contribution in [0.15, 0.2) is 11.6 Å². The predicted octanol–water partition coefficient (Wildman–Crippen LogP) is 1.96. The topological polar surface area (TPSA) is 66.4 Å². The number of carboxylic acids is 1. The van der Waals surface area contributed by atoms with Gasteiger partial charge in [-0.05, 0) is 19.3 Å². The zero-order chi connectivity index (χ0) is 12.8. The first kappa shape index (κ1) is 14.7. The molecule has 0 heterocycles. The highest BCUT2D eigenvalue weighted by molar-refractivity contribution is 5.78. The van der Waals surface area contributed by atoms with E-state index in [0.29, 0.717) is 6.54 Å². The second-order valence-corrected chi connectivity index (χ2v) is 5.00. The molecule has 4 heteroatoms. The number of carbonyl (C=O) groups is 2. The van der Waals surface area contributed by atoms with E-state index in [1.54, 1.807) is 13.8 Å². The molecule has 4 nitrogen and oxygen atoms in total. The first-order chi connectivity index (χ1) is 7.23. The summed E-state index contributed by atoms with van der Waals surface area (Å²) in [5, 5.41) is 11.4. The van der Waals surface area contributed by atoms with E-state index < -0.39 is 11.4 Å². The average Bonchev–Trinajstić information content (AvgIpc) is 1.98. The molecule has 0 radical (unpaired) electrons. The molecule has 0 aromatic carbocycles. The number of nitrogens with one attached hydrogen (secondary N) is 1. The Hall–Kier alpha value is -1.32. The van der Waals surface area contributed by atoms with Crippen LogP contribution in [0.25, 0.3) is 0 Å². The molecule has 0 saturated carbocycles. The summed E-state index contributed by atoms with van der Waals surface area (Å²) >= 11 is 0. The standard InChI is InChI=1S/C12H21NO3/c1-9(2)5-6-13-10(14)7-12(3,4)8-11(15)16/h5H,6-8H2,1-4H3,(H,13,14)(H,15,16). The Morgan fingerprint density at radius 1 is 1.25 bits per heavy atom. The Labute approximate surface area is 96.7 Å². The van der Waals surface area contributed by atoms with Gasteiger partial charge < -0.3 is 10.4 Å². The predicted molar refractivity (Wildman–Crippen MR) is 63.1 cm³/mol. The molecule has 0 aliphatic heterocycles.